The van der Waals surface area contributed by atoms with E-state index >= 15 is 0 Å². The number of hydrogen-bond acceptors (Lipinski definition) is 2. The summed E-state index contributed by atoms with van der Waals surface area (Å²) in [5.74, 6) is 0.589. The number of nitrogens with two attached hydrogens (primary N) is 1. The highest BCUT2D eigenvalue weighted by molar-refractivity contribution is 6.32. The summed E-state index contributed by atoms with van der Waals surface area (Å²) in [5, 5.41) is 0.967. The molecule has 0 saturated carbocycles. The Balaban J connectivity index is 2.73. The van der Waals surface area contributed by atoms with Gasteiger partial charge in [-0.2, -0.15) is 0 Å². The molecule has 0 aliphatic heterocycles. The van der Waals surface area contributed by atoms with Crippen molar-refractivity contribution in [2.75, 3.05) is 6.61 Å². The van der Waals surface area contributed by atoms with Crippen molar-refractivity contribution in [2.45, 2.75) is 6.54 Å². The molecular weight excluding hydrogens is 221 g/mol. The van der Waals surface area contributed by atoms with Gasteiger partial charge in [0.05, 0.1) is 5.02 Å². The van der Waals surface area contributed by atoms with Gasteiger partial charge in [-0.05, 0) is 17.7 Å². The van der Waals surface area contributed by atoms with Crippen LogP contribution >= 0.6 is 23.2 Å². The molecule has 0 unspecified atom stereocenters. The molecule has 2 N–H and O–H groups in total. The van der Waals surface area contributed by atoms with Crippen LogP contribution in [0.3, 0.4) is 0 Å². The highest BCUT2D eigenvalue weighted by Crippen LogP contribution is 2.25. The first-order valence-corrected chi connectivity index (χ1v) is 4.83. The van der Waals surface area contributed by atoms with E-state index in [1.165, 1.54) is 0 Å². The zero-order chi connectivity index (χ0) is 10.6. The molecule has 0 aliphatic rings. The maximum Gasteiger partial charge on any atom is 0.138 e. The lowest BCUT2D eigenvalue weighted by Crippen LogP contribution is -1.99. The molecule has 0 aromatic heterocycles. The van der Waals surface area contributed by atoms with Gasteiger partial charge in [-0.1, -0.05) is 35.8 Å². The minimum absolute atomic E-state index is 0.253. The van der Waals surface area contributed by atoms with Crippen LogP contribution in [0, 0.1) is 0 Å². The summed E-state index contributed by atoms with van der Waals surface area (Å²) in [7, 11) is 0. The summed E-state index contributed by atoms with van der Waals surface area (Å²) < 4.78 is 5.29. The van der Waals surface area contributed by atoms with Gasteiger partial charge in [0.25, 0.3) is 0 Å². The van der Waals surface area contributed by atoms with E-state index in [-0.39, 0.29) is 6.61 Å². The van der Waals surface area contributed by atoms with Crippen LogP contribution in [0.25, 0.3) is 0 Å². The topological polar surface area (TPSA) is 35.2 Å². The number of rotatable bonds is 4. The molecule has 4 heteroatoms. The highest BCUT2D eigenvalue weighted by atomic mass is 35.5. The molecule has 76 valence electrons. The molecule has 1 rings (SSSR count). The van der Waals surface area contributed by atoms with Gasteiger partial charge < -0.3 is 10.5 Å². The molecule has 0 fully saturated rings. The van der Waals surface area contributed by atoms with Gasteiger partial charge in [0.1, 0.15) is 12.4 Å². The predicted molar refractivity (Wildman–Crippen MR) is 59.8 cm³/mol. The monoisotopic (exact) mass is 231 g/mol. The third-order valence-corrected chi connectivity index (χ3v) is 2.02. The second-order valence-electron chi connectivity index (χ2n) is 2.77. The SMILES string of the molecule is C=C(Cl)COc1ccc(CN)cc1Cl. The van der Waals surface area contributed by atoms with Crippen LogP contribution in [0.1, 0.15) is 5.56 Å². The quantitative estimate of drug-likeness (QED) is 0.866. The molecule has 0 heterocycles. The van der Waals surface area contributed by atoms with E-state index in [2.05, 4.69) is 6.58 Å². The first-order chi connectivity index (χ1) is 6.63. The van der Waals surface area contributed by atoms with E-state index in [0.29, 0.717) is 22.3 Å². The van der Waals surface area contributed by atoms with Crippen LogP contribution in [0.2, 0.25) is 5.02 Å². The molecule has 0 amide bonds. The van der Waals surface area contributed by atoms with Crippen LogP contribution in [0.4, 0.5) is 0 Å². The van der Waals surface area contributed by atoms with Gasteiger partial charge >= 0.3 is 0 Å². The van der Waals surface area contributed by atoms with Crippen LogP contribution in [-0.4, -0.2) is 6.61 Å². The molecule has 0 bridgehead atoms. The number of ether oxygens (including phenoxy) is 1. The third kappa shape index (κ3) is 3.22. The van der Waals surface area contributed by atoms with Crippen LogP contribution < -0.4 is 10.5 Å². The number of hydrogen-bond donors (Lipinski definition) is 1. The minimum atomic E-state index is 0.253. The molecule has 14 heavy (non-hydrogen) atoms. The van der Waals surface area contributed by atoms with Gasteiger partial charge in [-0.25, -0.2) is 0 Å². The number of benzene rings is 1. The van der Waals surface area contributed by atoms with E-state index in [1.54, 1.807) is 12.1 Å². The second-order valence-corrected chi connectivity index (χ2v) is 3.72. The van der Waals surface area contributed by atoms with E-state index in [0.717, 1.165) is 5.56 Å². The molecule has 1 aromatic carbocycles. The van der Waals surface area contributed by atoms with Crippen molar-refractivity contribution >= 4 is 23.2 Å². The fourth-order valence-corrected chi connectivity index (χ4v) is 1.26. The Morgan fingerprint density at radius 3 is 2.71 bits per heavy atom. The van der Waals surface area contributed by atoms with Crippen molar-refractivity contribution in [2.24, 2.45) is 5.73 Å². The average Bonchev–Trinajstić information content (AvgIpc) is 2.15. The molecule has 2 nitrogen and oxygen atoms in total. The molecule has 0 aliphatic carbocycles. The van der Waals surface area contributed by atoms with Gasteiger partial charge in [-0.15, -0.1) is 0 Å². The normalized spacial score (nSPS) is 9.93. The molecule has 1 aromatic rings. The Labute approximate surface area is 93.3 Å². The van der Waals surface area contributed by atoms with Gasteiger partial charge in [0.15, 0.2) is 0 Å². The van der Waals surface area contributed by atoms with Gasteiger partial charge in [0.2, 0.25) is 0 Å². The summed E-state index contributed by atoms with van der Waals surface area (Å²) in [6, 6.07) is 5.40. The maximum absolute atomic E-state index is 5.94. The summed E-state index contributed by atoms with van der Waals surface area (Å²) in [6.07, 6.45) is 0. The molecular formula is C10H11Cl2NO. The number of halogens is 2. The highest BCUT2D eigenvalue weighted by Gasteiger charge is 2.02. The van der Waals surface area contributed by atoms with Crippen LogP contribution in [-0.2, 0) is 6.54 Å². The zero-order valence-corrected chi connectivity index (χ0v) is 9.11. The maximum atomic E-state index is 5.94. The molecule has 0 atom stereocenters. The smallest absolute Gasteiger partial charge is 0.138 e. The summed E-state index contributed by atoms with van der Waals surface area (Å²) in [6.45, 7) is 4.22. The van der Waals surface area contributed by atoms with Gasteiger partial charge in [-0.3, -0.25) is 0 Å². The van der Waals surface area contributed by atoms with Crippen molar-refractivity contribution in [1.82, 2.24) is 0 Å². The van der Waals surface area contributed by atoms with E-state index in [9.17, 15) is 0 Å². The molecule has 0 saturated heterocycles. The first kappa shape index (κ1) is 11.4. The summed E-state index contributed by atoms with van der Waals surface area (Å²) >= 11 is 11.5. The predicted octanol–water partition coefficient (Wildman–Crippen LogP) is 2.93. The van der Waals surface area contributed by atoms with E-state index in [1.807, 2.05) is 6.07 Å². The third-order valence-electron chi connectivity index (χ3n) is 1.62. The first-order valence-electron chi connectivity index (χ1n) is 4.08. The Morgan fingerprint density at radius 2 is 2.21 bits per heavy atom. The largest absolute Gasteiger partial charge is 0.486 e. The lowest BCUT2D eigenvalue weighted by molar-refractivity contribution is 0.359. The molecule has 0 spiro atoms. The Morgan fingerprint density at radius 1 is 1.50 bits per heavy atom. The fourth-order valence-electron chi connectivity index (χ4n) is 0.944. The Hall–Kier alpha value is -0.700. The lowest BCUT2D eigenvalue weighted by atomic mass is 10.2. The van der Waals surface area contributed by atoms with E-state index < -0.39 is 0 Å². The Bertz CT molecular complexity index is 339. The van der Waals surface area contributed by atoms with E-state index in [4.69, 9.17) is 33.7 Å². The van der Waals surface area contributed by atoms with Crippen LogP contribution in [0.15, 0.2) is 29.8 Å². The van der Waals surface area contributed by atoms with Crippen molar-refractivity contribution < 1.29 is 4.74 Å². The van der Waals surface area contributed by atoms with Crippen molar-refractivity contribution in [3.8, 4) is 5.75 Å². The summed E-state index contributed by atoms with van der Waals surface area (Å²) in [4.78, 5) is 0. The molecule has 0 radical (unpaired) electrons. The second kappa shape index (κ2) is 5.25. The average molecular weight is 232 g/mol. The Kier molecular flexibility index (Phi) is 4.26. The minimum Gasteiger partial charge on any atom is -0.486 e. The lowest BCUT2D eigenvalue weighted by Gasteiger charge is -2.07. The van der Waals surface area contributed by atoms with Crippen molar-refractivity contribution in [3.63, 3.8) is 0 Å². The standard InChI is InChI=1S/C10H11Cl2NO/c1-7(11)6-14-10-3-2-8(5-13)4-9(10)12/h2-4H,1,5-6,13H2. The fraction of sp³-hybridized carbons (Fsp3) is 0.200. The van der Waals surface area contributed by atoms with Crippen molar-refractivity contribution in [3.05, 3.63) is 40.4 Å². The zero-order valence-electron chi connectivity index (χ0n) is 7.59. The summed E-state index contributed by atoms with van der Waals surface area (Å²) in [5.41, 5.74) is 6.42. The van der Waals surface area contributed by atoms with Crippen LogP contribution in [0.5, 0.6) is 5.75 Å². The van der Waals surface area contributed by atoms with Gasteiger partial charge in [0, 0.05) is 11.6 Å². The van der Waals surface area contributed by atoms with Crippen molar-refractivity contribution in [1.29, 1.82) is 0 Å².